The molecular weight excluding hydrogens is 215 g/mol. The van der Waals surface area contributed by atoms with E-state index in [-0.39, 0.29) is 5.82 Å². The van der Waals surface area contributed by atoms with Crippen LogP contribution in [0.25, 0.3) is 0 Å². The molecule has 1 aromatic carbocycles. The molecule has 0 bridgehead atoms. The molecule has 2 nitrogen and oxygen atoms in total. The predicted molar refractivity (Wildman–Crippen MR) is 67.4 cm³/mol. The van der Waals surface area contributed by atoms with Crippen LogP contribution in [-0.2, 0) is 6.54 Å². The molecule has 0 radical (unpaired) electrons. The quantitative estimate of drug-likeness (QED) is 0.848. The molecule has 2 fully saturated rings. The molecule has 3 rings (SSSR count). The Bertz CT molecular complexity index is 411. The van der Waals surface area contributed by atoms with Gasteiger partial charge in [0, 0.05) is 24.8 Å². The van der Waals surface area contributed by atoms with Crippen molar-refractivity contribution in [2.24, 2.45) is 11.7 Å². The van der Waals surface area contributed by atoms with Crippen LogP contribution in [0, 0.1) is 11.7 Å². The van der Waals surface area contributed by atoms with E-state index in [0.29, 0.717) is 12.6 Å². The van der Waals surface area contributed by atoms with Crippen molar-refractivity contribution >= 4 is 5.69 Å². The molecule has 0 amide bonds. The van der Waals surface area contributed by atoms with Crippen molar-refractivity contribution in [1.29, 1.82) is 0 Å². The van der Waals surface area contributed by atoms with Crippen molar-refractivity contribution in [2.75, 3.05) is 11.4 Å². The van der Waals surface area contributed by atoms with Crippen LogP contribution in [0.1, 0.15) is 31.2 Å². The van der Waals surface area contributed by atoms with Crippen LogP contribution < -0.4 is 10.6 Å². The van der Waals surface area contributed by atoms with Crippen molar-refractivity contribution in [3.05, 3.63) is 29.6 Å². The normalized spacial score (nSPS) is 19.4. The first-order chi connectivity index (χ1) is 8.26. The zero-order valence-corrected chi connectivity index (χ0v) is 10.0. The molecule has 0 saturated heterocycles. The lowest BCUT2D eigenvalue weighted by molar-refractivity contribution is 0.622. The molecule has 2 N–H and O–H groups in total. The summed E-state index contributed by atoms with van der Waals surface area (Å²) in [7, 11) is 0. The second-order valence-corrected chi connectivity index (χ2v) is 5.35. The molecule has 2 aliphatic carbocycles. The topological polar surface area (TPSA) is 29.3 Å². The second-order valence-electron chi connectivity index (χ2n) is 5.35. The molecule has 0 spiro atoms. The van der Waals surface area contributed by atoms with Crippen LogP contribution in [0.5, 0.6) is 0 Å². The second kappa shape index (κ2) is 4.30. The van der Waals surface area contributed by atoms with Gasteiger partial charge >= 0.3 is 0 Å². The summed E-state index contributed by atoms with van der Waals surface area (Å²) in [6.45, 7) is 1.50. The Morgan fingerprint density at radius 2 is 1.94 bits per heavy atom. The van der Waals surface area contributed by atoms with Gasteiger partial charge in [-0.1, -0.05) is 0 Å². The Morgan fingerprint density at radius 3 is 2.53 bits per heavy atom. The third-order valence-electron chi connectivity index (χ3n) is 3.65. The average molecular weight is 234 g/mol. The first kappa shape index (κ1) is 11.0. The minimum atomic E-state index is -0.163. The van der Waals surface area contributed by atoms with Gasteiger partial charge in [0.15, 0.2) is 0 Å². The Morgan fingerprint density at radius 1 is 1.18 bits per heavy atom. The van der Waals surface area contributed by atoms with Crippen molar-refractivity contribution in [2.45, 2.75) is 38.3 Å². The van der Waals surface area contributed by atoms with E-state index in [1.54, 1.807) is 6.07 Å². The summed E-state index contributed by atoms with van der Waals surface area (Å²) >= 11 is 0. The Kier molecular flexibility index (Phi) is 2.79. The van der Waals surface area contributed by atoms with E-state index in [9.17, 15) is 4.39 Å². The van der Waals surface area contributed by atoms with Crippen molar-refractivity contribution in [1.82, 2.24) is 0 Å². The van der Waals surface area contributed by atoms with Gasteiger partial charge < -0.3 is 10.6 Å². The first-order valence-electron chi connectivity index (χ1n) is 6.52. The van der Waals surface area contributed by atoms with Crippen molar-refractivity contribution in [3.63, 3.8) is 0 Å². The number of nitrogens with two attached hydrogens (primary N) is 1. The summed E-state index contributed by atoms with van der Waals surface area (Å²) in [5.41, 5.74) is 7.53. The van der Waals surface area contributed by atoms with Gasteiger partial charge in [0.2, 0.25) is 0 Å². The van der Waals surface area contributed by atoms with Gasteiger partial charge in [0.25, 0.3) is 0 Å². The highest BCUT2D eigenvalue weighted by atomic mass is 19.1. The fraction of sp³-hybridized carbons (Fsp3) is 0.571. The zero-order chi connectivity index (χ0) is 11.8. The highest BCUT2D eigenvalue weighted by Gasteiger charge is 2.34. The lowest BCUT2D eigenvalue weighted by Crippen LogP contribution is -2.28. The van der Waals surface area contributed by atoms with Gasteiger partial charge in [-0.05, 0) is 55.4 Å². The Hall–Kier alpha value is -1.09. The highest BCUT2D eigenvalue weighted by molar-refractivity contribution is 5.51. The molecule has 2 aliphatic rings. The standard InChI is InChI=1S/C14H19FN2/c15-12-5-11(8-16)6-14(7-12)17(13-3-4-13)9-10-1-2-10/h5-7,10,13H,1-4,8-9,16H2. The maximum Gasteiger partial charge on any atom is 0.125 e. The molecule has 0 aromatic heterocycles. The fourth-order valence-corrected chi connectivity index (χ4v) is 2.35. The Balaban J connectivity index is 1.85. The van der Waals surface area contributed by atoms with Crippen molar-refractivity contribution in [3.8, 4) is 0 Å². The van der Waals surface area contributed by atoms with Crippen molar-refractivity contribution < 1.29 is 4.39 Å². The number of nitrogens with zero attached hydrogens (tertiary/aromatic N) is 1. The molecule has 2 saturated carbocycles. The summed E-state index contributed by atoms with van der Waals surface area (Å²) < 4.78 is 13.5. The molecule has 0 unspecified atom stereocenters. The first-order valence-corrected chi connectivity index (χ1v) is 6.52. The highest BCUT2D eigenvalue weighted by Crippen LogP contribution is 2.38. The van der Waals surface area contributed by atoms with Crippen LogP contribution in [0.4, 0.5) is 10.1 Å². The SMILES string of the molecule is NCc1cc(F)cc(N(CC2CC2)C2CC2)c1. The number of rotatable bonds is 5. The fourth-order valence-electron chi connectivity index (χ4n) is 2.35. The van der Waals surface area contributed by atoms with Gasteiger partial charge in [-0.25, -0.2) is 4.39 Å². The largest absolute Gasteiger partial charge is 0.368 e. The van der Waals surface area contributed by atoms with E-state index in [1.807, 2.05) is 6.07 Å². The van der Waals surface area contributed by atoms with E-state index < -0.39 is 0 Å². The smallest absolute Gasteiger partial charge is 0.125 e. The van der Waals surface area contributed by atoms with Gasteiger partial charge in [-0.2, -0.15) is 0 Å². The van der Waals surface area contributed by atoms with E-state index in [4.69, 9.17) is 5.73 Å². The average Bonchev–Trinajstić information content (AvgIpc) is 3.16. The Labute approximate surface area is 102 Å². The monoisotopic (exact) mass is 234 g/mol. The number of hydrogen-bond acceptors (Lipinski definition) is 2. The molecule has 0 aliphatic heterocycles. The lowest BCUT2D eigenvalue weighted by atomic mass is 10.1. The van der Waals surface area contributed by atoms with E-state index in [1.165, 1.54) is 31.7 Å². The summed E-state index contributed by atoms with van der Waals surface area (Å²) in [6, 6.07) is 5.87. The summed E-state index contributed by atoms with van der Waals surface area (Å²) in [5, 5.41) is 0. The molecule has 3 heteroatoms. The van der Waals surface area contributed by atoms with Crippen LogP contribution in [0.2, 0.25) is 0 Å². The third kappa shape index (κ3) is 2.60. The number of hydrogen-bond donors (Lipinski definition) is 1. The lowest BCUT2D eigenvalue weighted by Gasteiger charge is -2.25. The van der Waals surface area contributed by atoms with E-state index in [2.05, 4.69) is 4.90 Å². The molecule has 0 atom stereocenters. The number of halogens is 1. The van der Waals surface area contributed by atoms with Gasteiger partial charge in [-0.15, -0.1) is 0 Å². The molecule has 17 heavy (non-hydrogen) atoms. The van der Waals surface area contributed by atoms with Gasteiger partial charge in [-0.3, -0.25) is 0 Å². The molecule has 1 aromatic rings. The molecule has 0 heterocycles. The van der Waals surface area contributed by atoms with Crippen LogP contribution >= 0.6 is 0 Å². The van der Waals surface area contributed by atoms with Crippen LogP contribution in [-0.4, -0.2) is 12.6 Å². The minimum absolute atomic E-state index is 0.163. The van der Waals surface area contributed by atoms with Crippen LogP contribution in [0.3, 0.4) is 0 Å². The maximum absolute atomic E-state index is 13.5. The third-order valence-corrected chi connectivity index (χ3v) is 3.65. The minimum Gasteiger partial charge on any atom is -0.368 e. The number of benzene rings is 1. The van der Waals surface area contributed by atoms with Gasteiger partial charge in [0.1, 0.15) is 5.82 Å². The zero-order valence-electron chi connectivity index (χ0n) is 10.0. The number of anilines is 1. The van der Waals surface area contributed by atoms with Crippen LogP contribution in [0.15, 0.2) is 18.2 Å². The summed E-state index contributed by atoms with van der Waals surface area (Å²) in [4.78, 5) is 2.39. The molecule has 92 valence electrons. The molecular formula is C14H19FN2. The summed E-state index contributed by atoms with van der Waals surface area (Å²) in [6.07, 6.45) is 5.17. The summed E-state index contributed by atoms with van der Waals surface area (Å²) in [5.74, 6) is 0.671. The predicted octanol–water partition coefficient (Wildman–Crippen LogP) is 2.66. The maximum atomic E-state index is 13.5. The van der Waals surface area contributed by atoms with Gasteiger partial charge in [0.05, 0.1) is 0 Å². The van der Waals surface area contributed by atoms with E-state index in [0.717, 1.165) is 23.7 Å². The van der Waals surface area contributed by atoms with E-state index >= 15 is 0 Å².